The molecule has 4 heterocycles. The first-order valence-electron chi connectivity index (χ1n) is 16.5. The quantitative estimate of drug-likeness (QED) is 0.204. The molecule has 0 aliphatic carbocycles. The highest BCUT2D eigenvalue weighted by Crippen LogP contribution is 2.34. The van der Waals surface area contributed by atoms with Crippen LogP contribution in [-0.2, 0) is 19.1 Å². The maximum absolute atomic E-state index is 13.1. The summed E-state index contributed by atoms with van der Waals surface area (Å²) in [7, 11) is 3.20. The van der Waals surface area contributed by atoms with E-state index >= 15 is 0 Å². The minimum absolute atomic E-state index is 0.0355. The molecule has 4 N–H and O–H groups in total. The molecule has 2 aromatic heterocycles. The second-order valence-corrected chi connectivity index (χ2v) is 12.7. The number of hydrogen-bond acceptors (Lipinski definition) is 7. The highest BCUT2D eigenvalue weighted by molar-refractivity contribution is 5.83. The number of imidazole rings is 2. The number of likely N-dealkylation sites (tertiary alicyclic amines) is 2. The van der Waals surface area contributed by atoms with Gasteiger partial charge in [0.1, 0.15) is 17.7 Å². The summed E-state index contributed by atoms with van der Waals surface area (Å²) in [5, 5.41) is 0. The fraction of sp³-hybridized carbons (Fsp3) is 0.444. The molecule has 2 saturated heterocycles. The molecule has 2 aliphatic heterocycles. The molecule has 6 rings (SSSR count). The van der Waals surface area contributed by atoms with Crippen molar-refractivity contribution in [2.45, 2.75) is 76.3 Å². The molecule has 0 radical (unpaired) electrons. The predicted molar refractivity (Wildman–Crippen MR) is 180 cm³/mol. The molecule has 11 nitrogen and oxygen atoms in total. The molecule has 11 heteroatoms. The molecule has 4 aromatic rings. The number of carbonyl (C=O) groups excluding carboxylic acids is 2. The van der Waals surface area contributed by atoms with Crippen molar-refractivity contribution < 1.29 is 19.1 Å². The van der Waals surface area contributed by atoms with E-state index in [1.165, 1.54) is 0 Å². The van der Waals surface area contributed by atoms with Crippen molar-refractivity contribution in [3.05, 3.63) is 72.6 Å². The Morgan fingerprint density at radius 3 is 1.74 bits per heavy atom. The number of nitrogens with two attached hydrogens (primary N) is 1. The van der Waals surface area contributed by atoms with Crippen LogP contribution in [0.5, 0.6) is 0 Å². The predicted octanol–water partition coefficient (Wildman–Crippen LogP) is 5.25. The van der Waals surface area contributed by atoms with Crippen molar-refractivity contribution in [2.24, 2.45) is 5.73 Å². The number of benzene rings is 2. The van der Waals surface area contributed by atoms with Gasteiger partial charge in [-0.2, -0.15) is 0 Å². The van der Waals surface area contributed by atoms with Crippen LogP contribution in [0.1, 0.15) is 69.7 Å². The number of methoxy groups -OCH3 is 2. The average molecular weight is 640 g/mol. The smallest absolute Gasteiger partial charge is 0.242 e. The van der Waals surface area contributed by atoms with Crippen LogP contribution in [0, 0.1) is 0 Å². The number of H-pyrrole nitrogens is 2. The lowest BCUT2D eigenvalue weighted by molar-refractivity contribution is -0.136. The van der Waals surface area contributed by atoms with Gasteiger partial charge in [0.15, 0.2) is 0 Å². The lowest BCUT2D eigenvalue weighted by Crippen LogP contribution is -2.49. The molecule has 2 aliphatic rings. The van der Waals surface area contributed by atoms with Crippen molar-refractivity contribution in [1.82, 2.24) is 29.7 Å². The number of nitrogens with one attached hydrogen (secondary N) is 2. The SMILES string of the molecule is CO[C@H](C)CC(=O)N1CCC[C@H]1c1ncc(-c2ccc(-c3ccc(-c4cnc([C@@H]5CCCN5C(=O)[C@@H](N)[C@@H](C)OC)[nH]4)cc3)cc2)[nH]1. The second kappa shape index (κ2) is 14.2. The van der Waals surface area contributed by atoms with E-state index in [1.54, 1.807) is 14.2 Å². The van der Waals surface area contributed by atoms with Gasteiger partial charge >= 0.3 is 0 Å². The molecule has 2 aromatic carbocycles. The zero-order valence-corrected chi connectivity index (χ0v) is 27.6. The first kappa shape index (κ1) is 32.6. The van der Waals surface area contributed by atoms with Gasteiger partial charge in [-0.15, -0.1) is 0 Å². The number of rotatable bonds is 11. The maximum Gasteiger partial charge on any atom is 0.242 e. The van der Waals surface area contributed by atoms with E-state index in [0.717, 1.165) is 77.5 Å². The lowest BCUT2D eigenvalue weighted by atomic mass is 10.0. The zero-order valence-electron chi connectivity index (χ0n) is 27.6. The summed E-state index contributed by atoms with van der Waals surface area (Å²) in [6.07, 6.45) is 7.21. The fourth-order valence-electron chi connectivity index (χ4n) is 6.64. The van der Waals surface area contributed by atoms with E-state index in [-0.39, 0.29) is 36.1 Å². The minimum atomic E-state index is -0.705. The van der Waals surface area contributed by atoms with Crippen LogP contribution in [0.4, 0.5) is 0 Å². The fourth-order valence-corrected chi connectivity index (χ4v) is 6.64. The number of nitrogens with zero attached hydrogens (tertiary/aromatic N) is 4. The van der Waals surface area contributed by atoms with Gasteiger partial charge in [0.05, 0.1) is 54.5 Å². The van der Waals surface area contributed by atoms with Gasteiger partial charge in [0, 0.05) is 27.3 Å². The van der Waals surface area contributed by atoms with Crippen molar-refractivity contribution in [3.8, 4) is 33.6 Å². The normalized spacial score (nSPS) is 20.0. The third-order valence-corrected chi connectivity index (χ3v) is 9.68. The third kappa shape index (κ3) is 6.88. The Bertz CT molecular complexity index is 1660. The van der Waals surface area contributed by atoms with Crippen LogP contribution >= 0.6 is 0 Å². The third-order valence-electron chi connectivity index (χ3n) is 9.68. The van der Waals surface area contributed by atoms with Crippen LogP contribution in [0.3, 0.4) is 0 Å². The Balaban J connectivity index is 1.10. The van der Waals surface area contributed by atoms with Gasteiger partial charge in [0.25, 0.3) is 0 Å². The van der Waals surface area contributed by atoms with Gasteiger partial charge in [-0.1, -0.05) is 48.5 Å². The molecule has 0 saturated carbocycles. The Hall–Kier alpha value is -4.32. The maximum atomic E-state index is 13.1. The largest absolute Gasteiger partial charge is 0.381 e. The van der Waals surface area contributed by atoms with Gasteiger partial charge in [0.2, 0.25) is 11.8 Å². The minimum Gasteiger partial charge on any atom is -0.381 e. The number of aromatic amines is 2. The number of carbonyl (C=O) groups is 2. The van der Waals surface area contributed by atoms with Gasteiger partial charge in [-0.3, -0.25) is 9.59 Å². The summed E-state index contributed by atoms with van der Waals surface area (Å²) in [4.78, 5) is 45.9. The van der Waals surface area contributed by atoms with E-state index < -0.39 is 6.04 Å². The summed E-state index contributed by atoms with van der Waals surface area (Å²) in [5.74, 6) is 1.60. The summed E-state index contributed by atoms with van der Waals surface area (Å²) < 4.78 is 10.6. The first-order valence-corrected chi connectivity index (χ1v) is 16.5. The number of aromatic nitrogens is 4. The topological polar surface area (TPSA) is 142 Å². The highest BCUT2D eigenvalue weighted by atomic mass is 16.5. The second-order valence-electron chi connectivity index (χ2n) is 12.7. The van der Waals surface area contributed by atoms with Gasteiger partial charge in [-0.25, -0.2) is 9.97 Å². The molecule has 5 atom stereocenters. The monoisotopic (exact) mass is 639 g/mol. The van der Waals surface area contributed by atoms with Crippen LogP contribution in [0.25, 0.3) is 33.6 Å². The summed E-state index contributed by atoms with van der Waals surface area (Å²) in [6.45, 7) is 5.13. The molecule has 47 heavy (non-hydrogen) atoms. The van der Waals surface area contributed by atoms with Crippen molar-refractivity contribution >= 4 is 11.8 Å². The van der Waals surface area contributed by atoms with Crippen molar-refractivity contribution in [1.29, 1.82) is 0 Å². The van der Waals surface area contributed by atoms with Gasteiger partial charge < -0.3 is 35.0 Å². The Kier molecular flexibility index (Phi) is 9.86. The molecule has 2 amide bonds. The van der Waals surface area contributed by atoms with E-state index in [9.17, 15) is 9.59 Å². The number of hydrogen-bond donors (Lipinski definition) is 3. The molecule has 0 bridgehead atoms. The molecule has 248 valence electrons. The number of ether oxygens (including phenoxy) is 2. The van der Waals surface area contributed by atoms with E-state index in [0.29, 0.717) is 13.0 Å². The lowest BCUT2D eigenvalue weighted by Gasteiger charge is -2.28. The Morgan fingerprint density at radius 1 is 0.787 bits per heavy atom. The molecular weight excluding hydrogens is 594 g/mol. The van der Waals surface area contributed by atoms with Crippen LogP contribution in [0.2, 0.25) is 0 Å². The van der Waals surface area contributed by atoms with Crippen LogP contribution in [0.15, 0.2) is 60.9 Å². The van der Waals surface area contributed by atoms with Crippen molar-refractivity contribution in [2.75, 3.05) is 27.3 Å². The standard InChI is InChI=1S/C36H45N7O4/c1-22(46-3)19-32(44)42-17-5-7-30(42)34-38-20-28(40-34)26-13-9-24(10-14-26)25-11-15-27(16-12-25)29-21-39-35(41-29)31-8-6-18-43(31)36(45)33(37)23(2)47-4/h9-16,20-23,30-31,33H,5-8,17-19,37H2,1-4H3,(H,38,40)(H,39,41)/t22-,23-,30+,31+,33+/m1/s1. The Labute approximate surface area is 275 Å². The first-order chi connectivity index (χ1) is 22.8. The number of amides is 2. The van der Waals surface area contributed by atoms with Crippen molar-refractivity contribution in [3.63, 3.8) is 0 Å². The summed E-state index contributed by atoms with van der Waals surface area (Å²) in [5.41, 5.74) is 12.3. The van der Waals surface area contributed by atoms with Gasteiger partial charge in [-0.05, 0) is 61.8 Å². The zero-order chi connectivity index (χ0) is 33.1. The molecule has 0 unspecified atom stereocenters. The van der Waals surface area contributed by atoms with Crippen LogP contribution < -0.4 is 5.73 Å². The summed E-state index contributed by atoms with van der Waals surface area (Å²) in [6, 6.07) is 15.9. The van der Waals surface area contributed by atoms with Crippen LogP contribution in [-0.4, -0.2) is 87.1 Å². The molecular formula is C36H45N7O4. The van der Waals surface area contributed by atoms with E-state index in [2.05, 4.69) is 68.5 Å². The Morgan fingerprint density at radius 2 is 1.26 bits per heavy atom. The van der Waals surface area contributed by atoms with E-state index in [4.69, 9.17) is 15.2 Å². The highest BCUT2D eigenvalue weighted by Gasteiger charge is 2.36. The summed E-state index contributed by atoms with van der Waals surface area (Å²) >= 11 is 0. The molecule has 0 spiro atoms. The molecule has 2 fully saturated rings. The average Bonchev–Trinajstić information content (AvgIpc) is 3.93. The van der Waals surface area contributed by atoms with E-state index in [1.807, 2.05) is 36.0 Å².